The van der Waals surface area contributed by atoms with Crippen LogP contribution in [0.3, 0.4) is 0 Å². The molecule has 1 rings (SSSR count). The number of nitrogens with two attached hydrogens (primary N) is 3. The average Bonchev–Trinajstić information content (AvgIpc) is 3.30. The van der Waals surface area contributed by atoms with E-state index in [1.165, 1.54) is 4.90 Å². The van der Waals surface area contributed by atoms with E-state index >= 15 is 0 Å². The molecular formula is C25H43N7O8. The predicted octanol–water partition coefficient (Wildman–Crippen LogP) is -2.31. The molecule has 6 amide bonds. The first-order chi connectivity index (χ1) is 18.5. The smallest absolute Gasteiger partial charge is 0.326 e. The summed E-state index contributed by atoms with van der Waals surface area (Å²) in [6.07, 6.45) is 0.0785. The molecule has 1 heterocycles. The predicted molar refractivity (Wildman–Crippen MR) is 143 cm³/mol. The number of carbonyl (C=O) groups excluding carboxylic acids is 6. The molecule has 1 aliphatic heterocycles. The summed E-state index contributed by atoms with van der Waals surface area (Å²) < 4.78 is 0. The first-order valence-electron chi connectivity index (χ1n) is 13.3. The highest BCUT2D eigenvalue weighted by atomic mass is 16.4. The van der Waals surface area contributed by atoms with Crippen molar-refractivity contribution in [2.75, 3.05) is 6.54 Å². The molecule has 15 nitrogen and oxygen atoms in total. The summed E-state index contributed by atoms with van der Waals surface area (Å²) in [4.78, 5) is 87.7. The zero-order chi connectivity index (χ0) is 30.7. The lowest BCUT2D eigenvalue weighted by Crippen LogP contribution is -2.59. The summed E-state index contributed by atoms with van der Waals surface area (Å²) >= 11 is 0. The number of nitrogens with one attached hydrogen (secondary N) is 3. The van der Waals surface area contributed by atoms with Crippen LogP contribution in [0.4, 0.5) is 0 Å². The largest absolute Gasteiger partial charge is 0.480 e. The van der Waals surface area contributed by atoms with Gasteiger partial charge in [-0.05, 0) is 37.5 Å². The Balaban J connectivity index is 3.10. The Morgan fingerprint density at radius 2 is 1.32 bits per heavy atom. The van der Waals surface area contributed by atoms with Crippen molar-refractivity contribution >= 4 is 41.4 Å². The van der Waals surface area contributed by atoms with Crippen LogP contribution in [0.25, 0.3) is 0 Å². The zero-order valence-corrected chi connectivity index (χ0v) is 23.5. The third kappa shape index (κ3) is 11.2. The number of carbonyl (C=O) groups is 7. The van der Waals surface area contributed by atoms with Crippen LogP contribution >= 0.6 is 0 Å². The molecule has 0 saturated carbocycles. The van der Waals surface area contributed by atoms with Gasteiger partial charge in [0, 0.05) is 6.54 Å². The normalized spacial score (nSPS) is 18.0. The van der Waals surface area contributed by atoms with E-state index in [4.69, 9.17) is 17.2 Å². The average molecular weight is 570 g/mol. The fourth-order valence-electron chi connectivity index (χ4n) is 4.43. The molecule has 0 spiro atoms. The summed E-state index contributed by atoms with van der Waals surface area (Å²) in [5.74, 6) is -5.99. The van der Waals surface area contributed by atoms with E-state index in [0.29, 0.717) is 12.8 Å². The highest BCUT2D eigenvalue weighted by Crippen LogP contribution is 2.21. The first-order valence-corrected chi connectivity index (χ1v) is 13.3. The van der Waals surface area contributed by atoms with Crippen molar-refractivity contribution < 1.29 is 38.7 Å². The minimum Gasteiger partial charge on any atom is -0.480 e. The number of nitrogens with zero attached hydrogens (tertiary/aromatic N) is 1. The topological polar surface area (TPSA) is 257 Å². The lowest BCUT2D eigenvalue weighted by Gasteiger charge is -2.31. The summed E-state index contributed by atoms with van der Waals surface area (Å²) in [7, 11) is 0. The lowest BCUT2D eigenvalue weighted by molar-refractivity contribution is -0.145. The maximum Gasteiger partial charge on any atom is 0.326 e. The van der Waals surface area contributed by atoms with Crippen LogP contribution in [0.1, 0.15) is 66.2 Å². The summed E-state index contributed by atoms with van der Waals surface area (Å²) in [5.41, 5.74) is 15.9. The molecule has 15 heteroatoms. The van der Waals surface area contributed by atoms with Gasteiger partial charge in [0.25, 0.3) is 0 Å². The molecule has 0 aromatic heterocycles. The summed E-state index contributed by atoms with van der Waals surface area (Å²) in [6, 6.07) is -6.03. The molecule has 40 heavy (non-hydrogen) atoms. The van der Waals surface area contributed by atoms with Crippen molar-refractivity contribution in [1.29, 1.82) is 0 Å². The zero-order valence-electron chi connectivity index (χ0n) is 23.5. The minimum absolute atomic E-state index is 0.00697. The molecule has 1 saturated heterocycles. The van der Waals surface area contributed by atoms with Crippen molar-refractivity contribution in [3.63, 3.8) is 0 Å². The van der Waals surface area contributed by atoms with E-state index < -0.39 is 84.5 Å². The monoisotopic (exact) mass is 569 g/mol. The number of carboxylic acid groups (broad SMARTS) is 1. The third-order valence-electron chi connectivity index (χ3n) is 6.28. The second-order valence-corrected chi connectivity index (χ2v) is 10.9. The number of amides is 6. The van der Waals surface area contributed by atoms with Gasteiger partial charge in [-0.3, -0.25) is 28.8 Å². The number of carboxylic acids is 1. The summed E-state index contributed by atoms with van der Waals surface area (Å²) in [6.45, 7) is 7.50. The minimum atomic E-state index is -1.49. The Bertz CT molecular complexity index is 971. The van der Waals surface area contributed by atoms with Crippen molar-refractivity contribution in [1.82, 2.24) is 20.9 Å². The highest BCUT2D eigenvalue weighted by molar-refractivity contribution is 5.97. The number of rotatable bonds is 16. The van der Waals surface area contributed by atoms with Gasteiger partial charge in [-0.1, -0.05) is 27.7 Å². The highest BCUT2D eigenvalue weighted by Gasteiger charge is 2.40. The molecule has 0 aliphatic carbocycles. The van der Waals surface area contributed by atoms with Gasteiger partial charge in [0.05, 0.1) is 18.9 Å². The number of hydrogen-bond donors (Lipinski definition) is 7. The Hall–Kier alpha value is -3.75. The van der Waals surface area contributed by atoms with Crippen molar-refractivity contribution in [3.8, 4) is 0 Å². The second-order valence-electron chi connectivity index (χ2n) is 10.9. The fraction of sp³-hybridized carbons (Fsp3) is 0.720. The number of primary amides is 2. The molecule has 0 radical (unpaired) electrons. The van der Waals surface area contributed by atoms with Crippen molar-refractivity contribution in [2.45, 2.75) is 96.4 Å². The Morgan fingerprint density at radius 3 is 1.82 bits per heavy atom. The quantitative estimate of drug-likeness (QED) is 0.105. The van der Waals surface area contributed by atoms with Gasteiger partial charge in [-0.25, -0.2) is 4.79 Å². The molecule has 0 aromatic rings. The van der Waals surface area contributed by atoms with Crippen LogP contribution in [0, 0.1) is 11.8 Å². The molecule has 226 valence electrons. The molecule has 1 aliphatic rings. The van der Waals surface area contributed by atoms with Crippen LogP contribution in [0.2, 0.25) is 0 Å². The Labute approximate surface area is 233 Å². The SMILES string of the molecule is CC(C)C[C@H](NC(=O)[C@@H]1CCCN1C(=O)[C@H](CC(C)C)NC(=O)[C@H](CC(N)=O)NC(=O)[C@@H](N)CC(N)=O)C(=O)O. The summed E-state index contributed by atoms with van der Waals surface area (Å²) in [5, 5.41) is 16.8. The molecule has 0 unspecified atom stereocenters. The molecule has 0 bridgehead atoms. The van der Waals surface area contributed by atoms with Crippen LogP contribution < -0.4 is 33.2 Å². The van der Waals surface area contributed by atoms with Gasteiger partial charge in [0.2, 0.25) is 35.4 Å². The van der Waals surface area contributed by atoms with Crippen molar-refractivity contribution in [2.24, 2.45) is 29.0 Å². The molecule has 10 N–H and O–H groups in total. The van der Waals surface area contributed by atoms with E-state index in [1.807, 2.05) is 27.7 Å². The van der Waals surface area contributed by atoms with Gasteiger partial charge in [0.1, 0.15) is 24.2 Å². The van der Waals surface area contributed by atoms with Gasteiger partial charge in [-0.15, -0.1) is 0 Å². The maximum absolute atomic E-state index is 13.6. The maximum atomic E-state index is 13.6. The van der Waals surface area contributed by atoms with E-state index in [1.54, 1.807) is 0 Å². The third-order valence-corrected chi connectivity index (χ3v) is 6.28. The first kappa shape index (κ1) is 34.3. The number of aliphatic carboxylic acids is 1. The Kier molecular flexibility index (Phi) is 13.5. The van der Waals surface area contributed by atoms with Crippen molar-refractivity contribution in [3.05, 3.63) is 0 Å². The fourth-order valence-corrected chi connectivity index (χ4v) is 4.43. The van der Waals surface area contributed by atoms with Crippen LogP contribution in [-0.2, 0) is 33.6 Å². The van der Waals surface area contributed by atoms with Crippen LogP contribution in [-0.4, -0.2) is 88.2 Å². The van der Waals surface area contributed by atoms with Gasteiger partial charge in [0.15, 0.2) is 0 Å². The second kappa shape index (κ2) is 15.7. The van der Waals surface area contributed by atoms with Gasteiger partial charge >= 0.3 is 5.97 Å². The molecule has 0 aromatic carbocycles. The van der Waals surface area contributed by atoms with E-state index in [0.717, 1.165) is 0 Å². The number of hydrogen-bond acceptors (Lipinski definition) is 8. The van der Waals surface area contributed by atoms with Crippen LogP contribution in [0.15, 0.2) is 0 Å². The standard InChI is InChI=1S/C25H43N7O8/c1-12(2)8-16(30-22(36)15(11-20(28)34)29-21(35)14(26)10-19(27)33)24(38)32-7-5-6-18(32)23(37)31-17(25(39)40)9-13(3)4/h12-18H,5-11,26H2,1-4H3,(H2,27,33)(H2,28,34)(H,29,35)(H,30,36)(H,31,37)(H,39,40)/t14-,15-,16-,17-,18-/m0/s1. The number of likely N-dealkylation sites (tertiary alicyclic amines) is 1. The van der Waals surface area contributed by atoms with Gasteiger partial charge < -0.3 is 43.2 Å². The van der Waals surface area contributed by atoms with E-state index in [-0.39, 0.29) is 31.2 Å². The lowest BCUT2D eigenvalue weighted by atomic mass is 10.0. The van der Waals surface area contributed by atoms with E-state index in [9.17, 15) is 38.7 Å². The Morgan fingerprint density at radius 1 is 0.800 bits per heavy atom. The molecular weight excluding hydrogens is 526 g/mol. The molecule has 1 fully saturated rings. The van der Waals surface area contributed by atoms with Crippen LogP contribution in [0.5, 0.6) is 0 Å². The van der Waals surface area contributed by atoms with Gasteiger partial charge in [-0.2, -0.15) is 0 Å². The van der Waals surface area contributed by atoms with E-state index in [2.05, 4.69) is 16.0 Å². The molecule has 5 atom stereocenters.